The monoisotopic (exact) mass is 568 g/mol. The molecule has 1 saturated heterocycles. The number of nitro benzene ring substituents is 2. The zero-order chi connectivity index (χ0) is 29.1. The van der Waals surface area contributed by atoms with Gasteiger partial charge in [0, 0.05) is 30.3 Å². The van der Waals surface area contributed by atoms with Crippen molar-refractivity contribution in [1.82, 2.24) is 0 Å². The molecule has 1 aliphatic rings. The number of aromatic hydroxyl groups is 1. The van der Waals surface area contributed by atoms with Crippen LogP contribution in [0.3, 0.4) is 0 Å². The van der Waals surface area contributed by atoms with E-state index in [2.05, 4.69) is 6.92 Å². The molecule has 0 atom stereocenters. The number of unbranched alkanes of at least 4 members (excludes halogenated alkanes) is 9. The van der Waals surface area contributed by atoms with Gasteiger partial charge in [-0.25, -0.2) is 0 Å². The molecule has 1 fully saturated rings. The zero-order valence-electron chi connectivity index (χ0n) is 24.1. The largest absolute Gasteiger partial charge is 0.502 e. The topological polar surface area (TPSA) is 143 Å². The fraction of sp³-hybridized carbons (Fsp3) is 0.793. The van der Waals surface area contributed by atoms with Crippen LogP contribution in [0.25, 0.3) is 0 Å². The summed E-state index contributed by atoms with van der Waals surface area (Å²) in [6, 6.07) is 2.02. The van der Waals surface area contributed by atoms with Crippen molar-refractivity contribution in [3.8, 4) is 5.75 Å². The Bertz CT molecular complexity index is 867. The number of nitro groups is 2. The van der Waals surface area contributed by atoms with Crippen LogP contribution in [0.4, 0.5) is 11.4 Å². The van der Waals surface area contributed by atoms with Crippen molar-refractivity contribution in [3.05, 3.63) is 37.9 Å². The molecule has 0 spiro atoms. The second kappa shape index (κ2) is 19.7. The van der Waals surface area contributed by atoms with Gasteiger partial charge in [-0.3, -0.25) is 20.2 Å². The maximum Gasteiger partial charge on any atom is 0.317 e. The second-order valence-electron chi connectivity index (χ2n) is 10.8. The fourth-order valence-electron chi connectivity index (χ4n) is 5.09. The molecule has 0 amide bonds. The van der Waals surface area contributed by atoms with E-state index >= 15 is 0 Å². The first kappa shape index (κ1) is 33.9. The lowest BCUT2D eigenvalue weighted by Crippen LogP contribution is -2.36. The van der Waals surface area contributed by atoms with Gasteiger partial charge in [0.15, 0.2) is 5.75 Å². The van der Waals surface area contributed by atoms with Gasteiger partial charge in [0.1, 0.15) is 0 Å². The molecule has 0 aromatic heterocycles. The number of benzene rings is 1. The lowest BCUT2D eigenvalue weighted by molar-refractivity contribution is -0.394. The van der Waals surface area contributed by atoms with E-state index in [1.54, 1.807) is 0 Å². The molecule has 0 saturated carbocycles. The Hall–Kier alpha value is -2.34. The maximum atomic E-state index is 11.6. The summed E-state index contributed by atoms with van der Waals surface area (Å²) in [6.45, 7) is 5.46. The Morgan fingerprint density at radius 2 is 1.27 bits per heavy atom. The quantitative estimate of drug-likeness (QED) is 0.142. The SMILES string of the molecule is CCCCCCCCCCCCC1(Cc2cc([N+](=O)[O-])cc([N+](=O)[O-])c2O)COCCOCCCOCCOC1. The molecule has 0 radical (unpaired) electrons. The van der Waals surface area contributed by atoms with Crippen molar-refractivity contribution in [2.45, 2.75) is 90.4 Å². The van der Waals surface area contributed by atoms with Crippen molar-refractivity contribution in [2.75, 3.05) is 52.9 Å². The van der Waals surface area contributed by atoms with Crippen molar-refractivity contribution >= 4 is 11.4 Å². The predicted octanol–water partition coefficient (Wildman–Crippen LogP) is 6.52. The van der Waals surface area contributed by atoms with Crippen LogP contribution in [0.2, 0.25) is 0 Å². The van der Waals surface area contributed by atoms with Crippen LogP contribution in [-0.2, 0) is 25.4 Å². The summed E-state index contributed by atoms with van der Waals surface area (Å²) in [5.74, 6) is -0.552. The average molecular weight is 569 g/mol. The summed E-state index contributed by atoms with van der Waals surface area (Å²) in [7, 11) is 0. The van der Waals surface area contributed by atoms with Gasteiger partial charge < -0.3 is 24.1 Å². The van der Waals surface area contributed by atoms with E-state index in [0.717, 1.165) is 31.7 Å². The third-order valence-electron chi connectivity index (χ3n) is 7.32. The molecule has 1 N–H and O–H groups in total. The van der Waals surface area contributed by atoms with Gasteiger partial charge in [0.05, 0.1) is 55.6 Å². The molecular formula is C29H48N2O9. The highest BCUT2D eigenvalue weighted by Crippen LogP contribution is 2.40. The number of rotatable bonds is 15. The molecular weight excluding hydrogens is 520 g/mol. The van der Waals surface area contributed by atoms with Crippen molar-refractivity contribution in [2.24, 2.45) is 5.41 Å². The van der Waals surface area contributed by atoms with Gasteiger partial charge in [-0.2, -0.15) is 0 Å². The first-order valence-corrected chi connectivity index (χ1v) is 14.8. The van der Waals surface area contributed by atoms with E-state index in [1.165, 1.54) is 51.0 Å². The molecule has 1 aliphatic heterocycles. The van der Waals surface area contributed by atoms with Crippen LogP contribution < -0.4 is 0 Å². The summed E-state index contributed by atoms with van der Waals surface area (Å²) in [6.07, 6.45) is 13.4. The second-order valence-corrected chi connectivity index (χ2v) is 10.8. The molecule has 0 bridgehead atoms. The van der Waals surface area contributed by atoms with Crippen LogP contribution in [0.5, 0.6) is 5.75 Å². The van der Waals surface area contributed by atoms with Gasteiger partial charge in [0.2, 0.25) is 0 Å². The number of hydrogen-bond acceptors (Lipinski definition) is 9. The lowest BCUT2D eigenvalue weighted by atomic mass is 9.78. The van der Waals surface area contributed by atoms with Gasteiger partial charge in [-0.15, -0.1) is 0 Å². The summed E-state index contributed by atoms with van der Waals surface area (Å²) >= 11 is 0. The Kier molecular flexibility index (Phi) is 16.7. The molecule has 40 heavy (non-hydrogen) atoms. The number of non-ortho nitro benzene ring substituents is 1. The Labute approximate surface area is 237 Å². The van der Waals surface area contributed by atoms with Crippen molar-refractivity contribution in [3.63, 3.8) is 0 Å². The number of nitrogens with zero attached hydrogens (tertiary/aromatic N) is 2. The highest BCUT2D eigenvalue weighted by molar-refractivity contribution is 5.58. The minimum atomic E-state index is -0.796. The minimum Gasteiger partial charge on any atom is -0.502 e. The summed E-state index contributed by atoms with van der Waals surface area (Å²) in [5, 5.41) is 33.8. The molecule has 1 aromatic carbocycles. The number of ether oxygens (including phenoxy) is 4. The van der Waals surface area contributed by atoms with Crippen LogP contribution in [-0.4, -0.2) is 67.8 Å². The van der Waals surface area contributed by atoms with E-state index < -0.39 is 32.4 Å². The summed E-state index contributed by atoms with van der Waals surface area (Å²) < 4.78 is 23.3. The fourth-order valence-corrected chi connectivity index (χ4v) is 5.09. The van der Waals surface area contributed by atoms with Crippen LogP contribution in [0.15, 0.2) is 12.1 Å². The van der Waals surface area contributed by atoms with Crippen LogP contribution >= 0.6 is 0 Å². The smallest absolute Gasteiger partial charge is 0.317 e. The van der Waals surface area contributed by atoms with Crippen LogP contribution in [0, 0.1) is 25.6 Å². The van der Waals surface area contributed by atoms with E-state index in [1.807, 2.05) is 0 Å². The average Bonchev–Trinajstić information content (AvgIpc) is 2.92. The molecule has 11 nitrogen and oxygen atoms in total. The molecule has 228 valence electrons. The Balaban J connectivity index is 2.16. The maximum absolute atomic E-state index is 11.6. The molecule has 1 heterocycles. The Morgan fingerprint density at radius 3 is 1.80 bits per heavy atom. The van der Waals surface area contributed by atoms with Gasteiger partial charge >= 0.3 is 5.69 Å². The van der Waals surface area contributed by atoms with Crippen molar-refractivity contribution in [1.29, 1.82) is 0 Å². The minimum absolute atomic E-state index is 0.139. The normalized spacial score (nSPS) is 17.2. The van der Waals surface area contributed by atoms with E-state index in [0.29, 0.717) is 46.1 Å². The zero-order valence-corrected chi connectivity index (χ0v) is 24.1. The predicted molar refractivity (Wildman–Crippen MR) is 152 cm³/mol. The van der Waals surface area contributed by atoms with Crippen molar-refractivity contribution < 1.29 is 33.9 Å². The highest BCUT2D eigenvalue weighted by atomic mass is 16.6. The summed E-state index contributed by atoms with van der Waals surface area (Å²) in [4.78, 5) is 21.6. The van der Waals surface area contributed by atoms with Gasteiger partial charge in [-0.1, -0.05) is 71.1 Å². The first-order valence-electron chi connectivity index (χ1n) is 14.8. The molecule has 1 aromatic rings. The summed E-state index contributed by atoms with van der Waals surface area (Å²) in [5.41, 5.74) is -1.61. The standard InChI is InChI=1S/C29H48N2O9/c1-2-3-4-5-6-7-8-9-10-11-13-29(23-39-18-16-37-14-12-15-38-17-19-40-24-29)22-25-20-26(30(33)34)21-27(28(25)32)31(35)36/h20-21,32H,2-19,22-24H2,1H3. The number of phenols is 1. The first-order chi connectivity index (χ1) is 19.4. The molecule has 2 rings (SSSR count). The van der Waals surface area contributed by atoms with Crippen LogP contribution in [0.1, 0.15) is 89.5 Å². The third-order valence-corrected chi connectivity index (χ3v) is 7.32. The van der Waals surface area contributed by atoms with E-state index in [4.69, 9.17) is 18.9 Å². The highest BCUT2D eigenvalue weighted by Gasteiger charge is 2.35. The lowest BCUT2D eigenvalue weighted by Gasteiger charge is -2.34. The van der Waals surface area contributed by atoms with E-state index in [-0.39, 0.29) is 25.2 Å². The number of phenolic OH excluding ortho intramolecular Hbond substituents is 1. The Morgan fingerprint density at radius 1 is 0.750 bits per heavy atom. The third kappa shape index (κ3) is 12.9. The molecule has 0 aliphatic carbocycles. The van der Waals surface area contributed by atoms with Gasteiger partial charge in [-0.05, 0) is 19.3 Å². The molecule has 11 heteroatoms. The molecule has 0 unspecified atom stereocenters. The number of hydrogen-bond donors (Lipinski definition) is 1. The van der Waals surface area contributed by atoms with Gasteiger partial charge in [0.25, 0.3) is 5.69 Å². The van der Waals surface area contributed by atoms with E-state index in [9.17, 15) is 25.3 Å².